The maximum Gasteiger partial charge on any atom is 1.00 e. The molecule has 0 aliphatic heterocycles. The van der Waals surface area contributed by atoms with Gasteiger partial charge in [0.15, 0.2) is 7.28 Å². The third-order valence-corrected chi connectivity index (χ3v) is 8.73. The van der Waals surface area contributed by atoms with Crippen molar-refractivity contribution in [2.24, 2.45) is 28.0 Å². The molecule has 0 aliphatic rings. The largest absolute Gasteiger partial charge is 1.00 e. The molecule has 311 valence electrons. The van der Waals surface area contributed by atoms with Gasteiger partial charge in [0.2, 0.25) is 0 Å². The molecule has 0 spiro atoms. The minimum atomic E-state index is 0. The monoisotopic (exact) mass is 816 g/mol. The van der Waals surface area contributed by atoms with Gasteiger partial charge in [-0.1, -0.05) is 108 Å². The van der Waals surface area contributed by atoms with Gasteiger partial charge in [0.1, 0.15) is 5.75 Å². The van der Waals surface area contributed by atoms with Crippen LogP contribution in [0.25, 0.3) is 22.2 Å². The number of benzene rings is 4. The molecule has 0 saturated carbocycles. The molecule has 58 heavy (non-hydrogen) atoms. The summed E-state index contributed by atoms with van der Waals surface area (Å²) in [7, 11) is 3.99. The first-order valence-electron chi connectivity index (χ1n) is 20.5. The van der Waals surface area contributed by atoms with Crippen molar-refractivity contribution in [2.45, 2.75) is 91.9 Å². The van der Waals surface area contributed by atoms with E-state index >= 15 is 0 Å². The Kier molecular flexibility index (Phi) is 32.3. The molecule has 0 aromatic heterocycles. The maximum atomic E-state index is 7.11. The molecule has 11 heteroatoms. The molecule has 0 bridgehead atoms. The number of hydrogen-bond donors (Lipinski definition) is 6. The van der Waals surface area contributed by atoms with Gasteiger partial charge in [0, 0.05) is 11.4 Å². The Balaban J connectivity index is 0.00000102. The summed E-state index contributed by atoms with van der Waals surface area (Å²) in [4.78, 5) is 0. The molecule has 1 radical (unpaired) electrons. The molecule has 9 nitrogen and oxygen atoms in total. The van der Waals surface area contributed by atoms with Gasteiger partial charge in [0.25, 0.3) is 0 Å². The van der Waals surface area contributed by atoms with Crippen LogP contribution in [-0.4, -0.2) is 53.7 Å². The predicted octanol–water partition coefficient (Wildman–Crippen LogP) is 5.88. The van der Waals surface area contributed by atoms with Gasteiger partial charge >= 0.3 is 51.4 Å². The number of hydrogen-bond acceptors (Lipinski definition) is 9. The maximum absolute atomic E-state index is 7.11. The summed E-state index contributed by atoms with van der Waals surface area (Å²) >= 11 is 0. The number of nitrogens with zero attached hydrogens (tertiary/aromatic N) is 1. The van der Waals surface area contributed by atoms with Crippen LogP contribution in [0.5, 0.6) is 11.5 Å². The third-order valence-electron chi connectivity index (χ3n) is 8.73. The number of ether oxygens (including phenoxy) is 2. The van der Waals surface area contributed by atoms with E-state index in [0.717, 1.165) is 64.8 Å². The van der Waals surface area contributed by atoms with Crippen LogP contribution in [0, 0.1) is 18.2 Å². The van der Waals surface area contributed by atoms with Crippen molar-refractivity contribution in [3.8, 4) is 11.5 Å². The Hall–Kier alpha value is -2.84. The van der Waals surface area contributed by atoms with Crippen molar-refractivity contribution in [1.29, 1.82) is 5.53 Å². The Morgan fingerprint density at radius 1 is 0.793 bits per heavy atom. The molecule has 0 saturated heterocycles. The SMILES string of the molecule is CC(C)c1c[c-]ccc1OCCCN.CCCCN.CCCCNC.[CH-]=C(N=N)c1ccc2ccc(/C(N)=C/[B]c3ccc(OCCCN)c(C(C)C)c3)cc2c1.[K+]. The summed E-state index contributed by atoms with van der Waals surface area (Å²) in [6, 6.07) is 26.9. The first-order valence-corrected chi connectivity index (χ1v) is 20.5. The summed E-state index contributed by atoms with van der Waals surface area (Å²) in [6.07, 6.45) is 6.71. The first kappa shape index (κ1) is 55.2. The zero-order valence-electron chi connectivity index (χ0n) is 36.9. The number of unbranched alkanes of at least 4 members (excludes halogenated alkanes) is 2. The summed E-state index contributed by atoms with van der Waals surface area (Å²) in [5.41, 5.74) is 35.5. The van der Waals surface area contributed by atoms with Crippen molar-refractivity contribution >= 4 is 34.9 Å². The van der Waals surface area contributed by atoms with Gasteiger partial charge in [-0.15, -0.1) is 29.3 Å². The van der Waals surface area contributed by atoms with E-state index in [0.29, 0.717) is 49.4 Å². The third kappa shape index (κ3) is 22.0. The second-order valence-corrected chi connectivity index (χ2v) is 14.2. The Morgan fingerprint density at radius 3 is 1.86 bits per heavy atom. The van der Waals surface area contributed by atoms with Crippen LogP contribution in [0.2, 0.25) is 0 Å². The second-order valence-electron chi connectivity index (χ2n) is 14.2. The van der Waals surface area contributed by atoms with E-state index in [1.165, 1.54) is 31.2 Å². The minimum absolute atomic E-state index is 0. The van der Waals surface area contributed by atoms with Gasteiger partial charge in [-0.2, -0.15) is 23.3 Å². The van der Waals surface area contributed by atoms with E-state index in [9.17, 15) is 0 Å². The van der Waals surface area contributed by atoms with Gasteiger partial charge in [-0.05, 0) is 98.9 Å². The van der Waals surface area contributed by atoms with Crippen molar-refractivity contribution in [3.05, 3.63) is 114 Å². The van der Waals surface area contributed by atoms with Crippen LogP contribution in [0.3, 0.4) is 0 Å². The van der Waals surface area contributed by atoms with Crippen LogP contribution < -0.4 is 94.6 Å². The van der Waals surface area contributed by atoms with Crippen molar-refractivity contribution in [2.75, 3.05) is 46.4 Å². The van der Waals surface area contributed by atoms with Crippen LogP contribution >= 0.6 is 0 Å². The van der Waals surface area contributed by atoms with Gasteiger partial charge in [-0.3, -0.25) is 6.58 Å². The zero-order chi connectivity index (χ0) is 42.4. The average Bonchev–Trinajstić information content (AvgIpc) is 3.22. The molecule has 0 atom stereocenters. The van der Waals surface area contributed by atoms with Crippen molar-refractivity contribution in [1.82, 2.24) is 5.32 Å². The van der Waals surface area contributed by atoms with Crippen molar-refractivity contribution in [3.63, 3.8) is 0 Å². The zero-order valence-corrected chi connectivity index (χ0v) is 40.0. The summed E-state index contributed by atoms with van der Waals surface area (Å²) < 4.78 is 11.5. The molecule has 0 amide bonds. The van der Waals surface area contributed by atoms with E-state index in [1.807, 2.05) is 87.0 Å². The number of nitrogens with one attached hydrogen (secondary N) is 2. The van der Waals surface area contributed by atoms with Crippen LogP contribution in [0.1, 0.15) is 114 Å². The molecule has 4 aromatic carbocycles. The Morgan fingerprint density at radius 2 is 1.36 bits per heavy atom. The number of fused-ring (bicyclic) bond motifs is 1. The van der Waals surface area contributed by atoms with Crippen molar-refractivity contribution < 1.29 is 60.9 Å². The fraction of sp³-hybridized carbons (Fsp3) is 0.447. The number of rotatable bonds is 20. The number of nitrogens with two attached hydrogens (primary N) is 4. The van der Waals surface area contributed by atoms with E-state index in [-0.39, 0.29) is 57.1 Å². The first-order chi connectivity index (χ1) is 27.5. The van der Waals surface area contributed by atoms with Crippen LogP contribution in [0.4, 0.5) is 0 Å². The molecule has 4 aromatic rings. The van der Waals surface area contributed by atoms with E-state index in [2.05, 4.69) is 64.1 Å². The average molecular weight is 816 g/mol. The minimum Gasteiger partial charge on any atom is -0.519 e. The normalized spacial score (nSPS) is 10.6. The van der Waals surface area contributed by atoms with E-state index in [4.69, 9.17) is 44.5 Å². The smallest absolute Gasteiger partial charge is 0.519 e. The fourth-order valence-electron chi connectivity index (χ4n) is 5.29. The van der Waals surface area contributed by atoms with Gasteiger partial charge < -0.3 is 37.7 Å². The molecular formula is C47H71BKN7O2-. The quantitative estimate of drug-likeness (QED) is 0.0280. The summed E-state index contributed by atoms with van der Waals surface area (Å²) in [5, 5.41) is 8.45. The molecule has 0 unspecified atom stereocenters. The summed E-state index contributed by atoms with van der Waals surface area (Å²) in [6.45, 7) is 23.3. The molecule has 4 rings (SSSR count). The topological polar surface area (TPSA) is 171 Å². The van der Waals surface area contributed by atoms with E-state index in [1.54, 1.807) is 0 Å². The molecule has 0 heterocycles. The molecule has 0 fully saturated rings. The predicted molar refractivity (Wildman–Crippen MR) is 245 cm³/mol. The van der Waals surface area contributed by atoms with Gasteiger partial charge in [0.05, 0.1) is 13.2 Å². The Labute approximate surface area is 394 Å². The molecular weight excluding hydrogens is 744 g/mol. The fourth-order valence-corrected chi connectivity index (χ4v) is 5.29. The van der Waals surface area contributed by atoms with Crippen LogP contribution in [0.15, 0.2) is 83.9 Å². The van der Waals surface area contributed by atoms with Crippen LogP contribution in [-0.2, 0) is 0 Å². The molecule has 0 aliphatic carbocycles. The standard InChI is InChI=1S/C26H29BN4O.C12H18NO.C5H13N.C4H11N.K/c1-17(2)24-15-23(9-10-26(24)32-12-4-11-28)27-16-25(29)21-8-6-19-5-7-20(18(3)31-30)13-22(19)14-21;1-10(2)11-6-3-4-7-12(11)14-9-5-8-13;1-3-4-5-6-2;1-2-3-4-5;/h3,5-10,13-17,30H,4,11-12,28-29H2,1-2H3;4,6-7,10H,5,8-9,13H2,1-2H3;6H,3-5H2,1-2H3;2-5H2,1H3;/q2*-1;;;+1/b25-16-,31-30?;;;;. The summed E-state index contributed by atoms with van der Waals surface area (Å²) in [5.74, 6) is 4.60. The van der Waals surface area contributed by atoms with Gasteiger partial charge in [-0.25, -0.2) is 5.53 Å². The van der Waals surface area contributed by atoms with E-state index < -0.39 is 0 Å². The molecule has 10 N–H and O–H groups in total. The Bertz CT molecular complexity index is 1740. The second kappa shape index (κ2) is 33.9.